The van der Waals surface area contributed by atoms with E-state index >= 15 is 0 Å². The maximum Gasteiger partial charge on any atom is 0.341 e. The number of carboxylic acid groups (broad SMARTS) is 1. The van der Waals surface area contributed by atoms with Crippen LogP contribution >= 0.6 is 0 Å². The smallest absolute Gasteiger partial charge is 0.341 e. The number of ether oxygens (including phenoxy) is 1. The van der Waals surface area contributed by atoms with Crippen molar-refractivity contribution in [1.29, 1.82) is 0 Å². The summed E-state index contributed by atoms with van der Waals surface area (Å²) in [5.41, 5.74) is 1.14. The van der Waals surface area contributed by atoms with Crippen LogP contribution in [0.2, 0.25) is 0 Å². The molecule has 1 atom stereocenters. The third kappa shape index (κ3) is 5.58. The summed E-state index contributed by atoms with van der Waals surface area (Å²) >= 11 is 0. The standard InChI is InChI=1S/C18H25NO4/c1-18(2)8-4-6-14(10-18)17(22)19-11-13-5-3-7-15(9-13)23-12-16(20)21/h3,5,7,9,14H,4,6,8,10-12H2,1-2H3,(H,19,22)(H,20,21). The van der Waals surface area contributed by atoms with Crippen LogP contribution in [0.1, 0.15) is 45.1 Å². The van der Waals surface area contributed by atoms with Crippen molar-refractivity contribution in [2.24, 2.45) is 11.3 Å². The van der Waals surface area contributed by atoms with E-state index in [2.05, 4.69) is 19.2 Å². The largest absolute Gasteiger partial charge is 0.482 e. The Balaban J connectivity index is 1.86. The molecule has 23 heavy (non-hydrogen) atoms. The summed E-state index contributed by atoms with van der Waals surface area (Å²) in [7, 11) is 0. The maximum absolute atomic E-state index is 12.3. The molecule has 1 aliphatic rings. The minimum atomic E-state index is -1.01. The molecule has 1 amide bonds. The lowest BCUT2D eigenvalue weighted by Crippen LogP contribution is -2.35. The van der Waals surface area contributed by atoms with Crippen molar-refractivity contribution < 1.29 is 19.4 Å². The Kier molecular flexibility index (Phi) is 5.64. The SMILES string of the molecule is CC1(C)CCCC(C(=O)NCc2cccc(OCC(=O)O)c2)C1. The summed E-state index contributed by atoms with van der Waals surface area (Å²) in [6.45, 7) is 4.50. The van der Waals surface area contributed by atoms with Crippen LogP contribution in [0.4, 0.5) is 0 Å². The summed E-state index contributed by atoms with van der Waals surface area (Å²) in [4.78, 5) is 22.9. The van der Waals surface area contributed by atoms with Crippen molar-refractivity contribution in [3.05, 3.63) is 29.8 Å². The predicted octanol–water partition coefficient (Wildman–Crippen LogP) is 2.98. The molecule has 126 valence electrons. The molecule has 0 aromatic heterocycles. The van der Waals surface area contributed by atoms with Crippen molar-refractivity contribution in [3.8, 4) is 5.75 Å². The fourth-order valence-electron chi connectivity index (χ4n) is 3.15. The van der Waals surface area contributed by atoms with Crippen LogP contribution in [-0.2, 0) is 16.1 Å². The van der Waals surface area contributed by atoms with Crippen molar-refractivity contribution in [2.75, 3.05) is 6.61 Å². The first-order valence-electron chi connectivity index (χ1n) is 8.07. The van der Waals surface area contributed by atoms with Gasteiger partial charge in [-0.2, -0.15) is 0 Å². The van der Waals surface area contributed by atoms with Gasteiger partial charge in [0.2, 0.25) is 5.91 Å². The van der Waals surface area contributed by atoms with Gasteiger partial charge in [0.25, 0.3) is 0 Å². The number of rotatable bonds is 6. The molecule has 5 nitrogen and oxygen atoms in total. The summed E-state index contributed by atoms with van der Waals surface area (Å²) in [6, 6.07) is 7.15. The Bertz CT molecular complexity index is 568. The summed E-state index contributed by atoms with van der Waals surface area (Å²) < 4.78 is 5.15. The van der Waals surface area contributed by atoms with Crippen LogP contribution in [0.5, 0.6) is 5.75 Å². The summed E-state index contributed by atoms with van der Waals surface area (Å²) in [6.07, 6.45) is 4.17. The van der Waals surface area contributed by atoms with Gasteiger partial charge < -0.3 is 15.2 Å². The first kappa shape index (κ1) is 17.3. The fourth-order valence-corrected chi connectivity index (χ4v) is 3.15. The van der Waals surface area contributed by atoms with Gasteiger partial charge >= 0.3 is 5.97 Å². The third-order valence-electron chi connectivity index (χ3n) is 4.30. The van der Waals surface area contributed by atoms with E-state index in [0.717, 1.165) is 24.8 Å². The van der Waals surface area contributed by atoms with Crippen LogP contribution in [0.25, 0.3) is 0 Å². The topological polar surface area (TPSA) is 75.6 Å². The van der Waals surface area contributed by atoms with E-state index in [1.165, 1.54) is 6.42 Å². The quantitative estimate of drug-likeness (QED) is 0.845. The predicted molar refractivity (Wildman–Crippen MR) is 87.2 cm³/mol. The number of nitrogens with one attached hydrogen (secondary N) is 1. The molecule has 1 unspecified atom stereocenters. The lowest BCUT2D eigenvalue weighted by Gasteiger charge is -2.34. The molecular weight excluding hydrogens is 294 g/mol. The molecule has 1 aliphatic carbocycles. The highest BCUT2D eigenvalue weighted by atomic mass is 16.5. The number of hydrogen-bond acceptors (Lipinski definition) is 3. The minimum absolute atomic E-state index is 0.0881. The molecule has 2 rings (SSSR count). The van der Waals surface area contributed by atoms with Crippen LogP contribution in [0.3, 0.4) is 0 Å². The van der Waals surface area contributed by atoms with Crippen LogP contribution < -0.4 is 10.1 Å². The molecule has 0 bridgehead atoms. The van der Waals surface area contributed by atoms with Crippen molar-refractivity contribution in [2.45, 2.75) is 46.1 Å². The van der Waals surface area contributed by atoms with E-state index in [9.17, 15) is 9.59 Å². The van der Waals surface area contributed by atoms with Crippen LogP contribution in [-0.4, -0.2) is 23.6 Å². The normalized spacial score (nSPS) is 19.8. The van der Waals surface area contributed by atoms with Crippen LogP contribution in [0, 0.1) is 11.3 Å². The van der Waals surface area contributed by atoms with Gasteiger partial charge in [0.05, 0.1) is 0 Å². The highest BCUT2D eigenvalue weighted by Crippen LogP contribution is 2.38. The molecule has 1 aromatic rings. The highest BCUT2D eigenvalue weighted by molar-refractivity contribution is 5.78. The lowest BCUT2D eigenvalue weighted by atomic mass is 9.72. The molecule has 0 spiro atoms. The molecule has 0 radical (unpaired) electrons. The number of carbonyl (C=O) groups excluding carboxylic acids is 1. The molecule has 5 heteroatoms. The third-order valence-corrected chi connectivity index (χ3v) is 4.30. The number of aliphatic carboxylic acids is 1. The molecule has 2 N–H and O–H groups in total. The van der Waals surface area contributed by atoms with Crippen molar-refractivity contribution in [1.82, 2.24) is 5.32 Å². The molecule has 0 aliphatic heterocycles. The number of benzene rings is 1. The van der Waals surface area contributed by atoms with Gasteiger partial charge in [-0.1, -0.05) is 32.4 Å². The average molecular weight is 319 g/mol. The molecule has 1 saturated carbocycles. The van der Waals surface area contributed by atoms with Crippen molar-refractivity contribution >= 4 is 11.9 Å². The minimum Gasteiger partial charge on any atom is -0.482 e. The van der Waals surface area contributed by atoms with E-state index < -0.39 is 5.97 Å². The number of amides is 1. The average Bonchev–Trinajstić information content (AvgIpc) is 2.50. The van der Waals surface area contributed by atoms with E-state index in [4.69, 9.17) is 9.84 Å². The zero-order chi connectivity index (χ0) is 16.9. The van der Waals surface area contributed by atoms with E-state index in [1.807, 2.05) is 6.07 Å². The van der Waals surface area contributed by atoms with Crippen LogP contribution in [0.15, 0.2) is 24.3 Å². The molecular formula is C18H25NO4. The van der Waals surface area contributed by atoms with E-state index in [0.29, 0.717) is 12.3 Å². The van der Waals surface area contributed by atoms with Gasteiger partial charge in [0, 0.05) is 12.5 Å². The Morgan fingerprint density at radius 2 is 2.17 bits per heavy atom. The molecule has 0 saturated heterocycles. The Morgan fingerprint density at radius 3 is 2.87 bits per heavy atom. The highest BCUT2D eigenvalue weighted by Gasteiger charge is 2.31. The van der Waals surface area contributed by atoms with Crippen molar-refractivity contribution in [3.63, 3.8) is 0 Å². The number of carbonyl (C=O) groups is 2. The zero-order valence-corrected chi connectivity index (χ0v) is 13.8. The first-order chi connectivity index (χ1) is 10.9. The Morgan fingerprint density at radius 1 is 1.39 bits per heavy atom. The van der Waals surface area contributed by atoms with Gasteiger partial charge in [0.15, 0.2) is 6.61 Å². The molecule has 1 aromatic carbocycles. The van der Waals surface area contributed by atoms with Gasteiger partial charge in [-0.25, -0.2) is 4.79 Å². The van der Waals surface area contributed by atoms with Gasteiger partial charge in [0.1, 0.15) is 5.75 Å². The summed E-state index contributed by atoms with van der Waals surface area (Å²) in [5, 5.41) is 11.6. The Labute approximate surface area is 137 Å². The summed E-state index contributed by atoms with van der Waals surface area (Å²) in [5.74, 6) is -0.318. The zero-order valence-electron chi connectivity index (χ0n) is 13.8. The second-order valence-corrected chi connectivity index (χ2v) is 7.01. The second kappa shape index (κ2) is 7.49. The van der Waals surface area contributed by atoms with Gasteiger partial charge in [-0.3, -0.25) is 4.79 Å². The number of hydrogen-bond donors (Lipinski definition) is 2. The molecule has 1 fully saturated rings. The molecule has 0 heterocycles. The van der Waals surface area contributed by atoms with E-state index in [1.54, 1.807) is 18.2 Å². The Hall–Kier alpha value is -2.04. The number of carboxylic acids is 1. The lowest BCUT2D eigenvalue weighted by molar-refractivity contribution is -0.139. The van der Waals surface area contributed by atoms with Gasteiger partial charge in [-0.15, -0.1) is 0 Å². The maximum atomic E-state index is 12.3. The fraction of sp³-hybridized carbons (Fsp3) is 0.556. The monoisotopic (exact) mass is 319 g/mol. The van der Waals surface area contributed by atoms with Gasteiger partial charge in [-0.05, 0) is 42.4 Å². The second-order valence-electron chi connectivity index (χ2n) is 7.01. The van der Waals surface area contributed by atoms with E-state index in [-0.39, 0.29) is 23.8 Å². The first-order valence-corrected chi connectivity index (χ1v) is 8.07.